The zero-order chi connectivity index (χ0) is 50.7. The van der Waals surface area contributed by atoms with Gasteiger partial charge in [0.1, 0.15) is 23.0 Å². The topological polar surface area (TPSA) is 21.7 Å². The Bertz CT molecular complexity index is 4050. The smallest absolute Gasteiger partial charge is 0.132 e. The highest BCUT2D eigenvalue weighted by atomic mass is 16.5. The Kier molecular flexibility index (Phi) is 9.47. The first-order valence-corrected chi connectivity index (χ1v) is 26.6. The number of anilines is 3. The van der Waals surface area contributed by atoms with E-state index < -0.39 is 10.8 Å². The largest absolute Gasteiger partial charge is 0.457 e. The van der Waals surface area contributed by atoms with Crippen LogP contribution in [0.4, 0.5) is 17.1 Å². The van der Waals surface area contributed by atoms with Gasteiger partial charge in [-0.05, 0) is 127 Å². The van der Waals surface area contributed by atoms with Crippen molar-refractivity contribution in [1.29, 1.82) is 0 Å². The van der Waals surface area contributed by atoms with Gasteiger partial charge in [-0.3, -0.25) is 0 Å². The molecule has 0 unspecified atom stereocenters. The summed E-state index contributed by atoms with van der Waals surface area (Å²) in [7, 11) is 0. The maximum atomic E-state index is 6.69. The van der Waals surface area contributed by atoms with Crippen molar-refractivity contribution in [2.45, 2.75) is 10.8 Å². The predicted octanol–water partition coefficient (Wildman–Crippen LogP) is 19.1. The van der Waals surface area contributed by atoms with Gasteiger partial charge >= 0.3 is 0 Å². The van der Waals surface area contributed by atoms with E-state index >= 15 is 0 Å². The second-order valence-corrected chi connectivity index (χ2v) is 20.6. The van der Waals surface area contributed by atoms with E-state index in [-0.39, 0.29) is 0 Å². The van der Waals surface area contributed by atoms with Crippen LogP contribution in [0.2, 0.25) is 0 Å². The normalized spacial score (nSPS) is 13.9. The number of hydrogen-bond acceptors (Lipinski definition) is 3. The van der Waals surface area contributed by atoms with Gasteiger partial charge in [-0.25, -0.2) is 0 Å². The molecule has 360 valence electrons. The number of benzene rings is 12. The van der Waals surface area contributed by atoms with Gasteiger partial charge in [-0.1, -0.05) is 231 Å². The summed E-state index contributed by atoms with van der Waals surface area (Å²) in [5.74, 6) is 3.55. The molecule has 16 rings (SSSR count). The summed E-state index contributed by atoms with van der Waals surface area (Å²) in [5, 5.41) is 0. The van der Waals surface area contributed by atoms with Crippen molar-refractivity contribution >= 4 is 17.1 Å². The Labute approximate surface area is 448 Å². The number of nitrogens with zero attached hydrogens (tertiary/aromatic N) is 1. The van der Waals surface area contributed by atoms with Crippen LogP contribution in [0, 0.1) is 0 Å². The average Bonchev–Trinajstić information content (AvgIpc) is 3.98. The van der Waals surface area contributed by atoms with Gasteiger partial charge in [0.2, 0.25) is 0 Å². The molecule has 3 nitrogen and oxygen atoms in total. The minimum Gasteiger partial charge on any atom is -0.457 e. The van der Waals surface area contributed by atoms with E-state index in [1.54, 1.807) is 0 Å². The molecule has 4 aliphatic rings. The van der Waals surface area contributed by atoms with Crippen LogP contribution in [0.15, 0.2) is 285 Å². The quantitative estimate of drug-likeness (QED) is 0.166. The summed E-state index contributed by atoms with van der Waals surface area (Å²) in [5.41, 5.74) is 23.6. The van der Waals surface area contributed by atoms with Crippen molar-refractivity contribution in [2.75, 3.05) is 4.90 Å². The highest BCUT2D eigenvalue weighted by Gasteiger charge is 2.53. The number of fused-ring (bicyclic) bond motifs is 18. The fourth-order valence-corrected chi connectivity index (χ4v) is 13.9. The van der Waals surface area contributed by atoms with Gasteiger partial charge in [0.05, 0.1) is 16.5 Å². The summed E-state index contributed by atoms with van der Waals surface area (Å²) in [6, 6.07) is 104. The fraction of sp³-hybridized carbons (Fsp3) is 0.0270. The zero-order valence-electron chi connectivity index (χ0n) is 41.9. The molecule has 2 heterocycles. The van der Waals surface area contributed by atoms with Gasteiger partial charge in [-0.2, -0.15) is 0 Å². The molecule has 0 saturated heterocycles. The van der Waals surface area contributed by atoms with Crippen LogP contribution in [-0.2, 0) is 10.8 Å². The maximum Gasteiger partial charge on any atom is 0.132 e. The standard InChI is InChI=1S/C74H47NO2/c1-2-22-48(23-3-1)53-28-6-13-41-66(53)75(51-26-18-24-49(46-51)54-31-20-39-64-71(54)56-29-4-7-33-58(56)73(64)60-35-9-14-42-67(60)76-68-43-15-10-36-61(68)73)52-27-19-25-50(47-52)55-32-21-40-65-72(55)57-30-5-8-34-59(57)74(65)62-37-11-16-44-69(62)77-70-45-17-12-38-63(70)74/h1-47H. The second-order valence-electron chi connectivity index (χ2n) is 20.6. The van der Waals surface area contributed by atoms with Gasteiger partial charge < -0.3 is 14.4 Å². The van der Waals surface area contributed by atoms with E-state index in [1.807, 2.05) is 0 Å². The first-order chi connectivity index (χ1) is 38.2. The van der Waals surface area contributed by atoms with Crippen molar-refractivity contribution in [2.24, 2.45) is 0 Å². The van der Waals surface area contributed by atoms with Crippen LogP contribution in [0.25, 0.3) is 55.6 Å². The summed E-state index contributed by atoms with van der Waals surface area (Å²) in [6.45, 7) is 0. The van der Waals surface area contributed by atoms with Gasteiger partial charge in [0.25, 0.3) is 0 Å². The van der Waals surface area contributed by atoms with E-state index in [0.29, 0.717) is 0 Å². The highest BCUT2D eigenvalue weighted by molar-refractivity contribution is 6.00. The molecule has 0 radical (unpaired) electrons. The third-order valence-electron chi connectivity index (χ3n) is 16.8. The molecule has 12 aromatic rings. The van der Waals surface area contributed by atoms with E-state index in [4.69, 9.17) is 9.47 Å². The fourth-order valence-electron chi connectivity index (χ4n) is 13.9. The summed E-state index contributed by atoms with van der Waals surface area (Å²) in [6.07, 6.45) is 0. The molecular formula is C74H47NO2. The molecule has 0 amide bonds. The lowest BCUT2D eigenvalue weighted by atomic mass is 9.66. The van der Waals surface area contributed by atoms with Crippen molar-refractivity contribution in [3.8, 4) is 78.6 Å². The molecule has 0 N–H and O–H groups in total. The Morgan fingerprint density at radius 1 is 0.234 bits per heavy atom. The number of rotatable bonds is 6. The molecule has 2 aliphatic heterocycles. The molecule has 2 spiro atoms. The van der Waals surface area contributed by atoms with Crippen molar-refractivity contribution in [3.63, 3.8) is 0 Å². The Morgan fingerprint density at radius 3 is 1.01 bits per heavy atom. The number of ether oxygens (including phenoxy) is 2. The van der Waals surface area contributed by atoms with E-state index in [1.165, 1.54) is 55.6 Å². The lowest BCUT2D eigenvalue weighted by Crippen LogP contribution is -2.32. The summed E-state index contributed by atoms with van der Waals surface area (Å²) in [4.78, 5) is 2.46. The van der Waals surface area contributed by atoms with Crippen LogP contribution in [0.1, 0.15) is 44.5 Å². The van der Waals surface area contributed by atoms with Crippen LogP contribution in [0.5, 0.6) is 23.0 Å². The molecule has 0 fully saturated rings. The predicted molar refractivity (Wildman–Crippen MR) is 312 cm³/mol. The van der Waals surface area contributed by atoms with Crippen LogP contribution in [-0.4, -0.2) is 0 Å². The third kappa shape index (κ3) is 6.08. The molecule has 2 aliphatic carbocycles. The lowest BCUT2D eigenvalue weighted by molar-refractivity contribution is 0.436. The monoisotopic (exact) mass is 981 g/mol. The summed E-state index contributed by atoms with van der Waals surface area (Å²) >= 11 is 0. The molecule has 3 heteroatoms. The lowest BCUT2D eigenvalue weighted by Gasteiger charge is -2.39. The average molecular weight is 982 g/mol. The first kappa shape index (κ1) is 43.4. The van der Waals surface area contributed by atoms with Gasteiger partial charge in [0.15, 0.2) is 0 Å². The highest BCUT2D eigenvalue weighted by Crippen LogP contribution is 2.65. The van der Waals surface area contributed by atoms with E-state index in [2.05, 4.69) is 290 Å². The van der Waals surface area contributed by atoms with Crippen molar-refractivity contribution in [1.82, 2.24) is 0 Å². The van der Waals surface area contributed by atoms with Crippen molar-refractivity contribution < 1.29 is 9.47 Å². The molecule has 0 aromatic heterocycles. The van der Waals surface area contributed by atoms with Gasteiger partial charge in [0, 0.05) is 39.2 Å². The Balaban J connectivity index is 0.901. The maximum absolute atomic E-state index is 6.69. The van der Waals surface area contributed by atoms with Crippen LogP contribution >= 0.6 is 0 Å². The van der Waals surface area contributed by atoms with Crippen LogP contribution in [0.3, 0.4) is 0 Å². The molecule has 77 heavy (non-hydrogen) atoms. The molecule has 0 saturated carbocycles. The Hall–Kier alpha value is -9.96. The van der Waals surface area contributed by atoms with Crippen LogP contribution < -0.4 is 14.4 Å². The SMILES string of the molecule is c1ccc(-c2ccccc2N(c2cccc(-c3cccc4c3-c3ccccc3C43c4ccccc4Oc4ccccc43)c2)c2cccc(-c3cccc4c3-c3ccccc3C43c4ccccc4Oc4ccccc43)c2)cc1. The van der Waals surface area contributed by atoms with E-state index in [0.717, 1.165) is 84.6 Å². The van der Waals surface area contributed by atoms with Crippen molar-refractivity contribution in [3.05, 3.63) is 330 Å². The second kappa shape index (κ2) is 16.8. The minimum atomic E-state index is -0.568. The molecule has 12 aromatic carbocycles. The summed E-state index contributed by atoms with van der Waals surface area (Å²) < 4.78 is 13.4. The number of para-hydroxylation sites is 5. The number of hydrogen-bond donors (Lipinski definition) is 0. The Morgan fingerprint density at radius 2 is 0.558 bits per heavy atom. The zero-order valence-corrected chi connectivity index (χ0v) is 41.9. The third-order valence-corrected chi connectivity index (χ3v) is 16.8. The molecule has 0 bridgehead atoms. The molecular weight excluding hydrogens is 935 g/mol. The first-order valence-electron chi connectivity index (χ1n) is 26.6. The molecule has 0 atom stereocenters. The van der Waals surface area contributed by atoms with E-state index in [9.17, 15) is 0 Å². The minimum absolute atomic E-state index is 0.568. The van der Waals surface area contributed by atoms with Gasteiger partial charge in [-0.15, -0.1) is 0 Å².